The molecule has 6 heteroatoms. The number of nitrogens with two attached hydrogens (primary N) is 1. The molecule has 2 aromatic heterocycles. The van der Waals surface area contributed by atoms with Gasteiger partial charge in [-0.1, -0.05) is 0 Å². The summed E-state index contributed by atoms with van der Waals surface area (Å²) in [5.41, 5.74) is 6.81. The van der Waals surface area contributed by atoms with Gasteiger partial charge in [-0.15, -0.1) is 6.42 Å². The predicted molar refractivity (Wildman–Crippen MR) is 64.4 cm³/mol. The highest BCUT2D eigenvalue weighted by Gasteiger charge is 2.17. The molecule has 0 aliphatic rings. The lowest BCUT2D eigenvalue weighted by molar-refractivity contribution is 0.224. The first-order valence-electron chi connectivity index (χ1n) is 5.16. The van der Waals surface area contributed by atoms with Crippen LogP contribution in [0.4, 0.5) is 5.82 Å². The molecule has 0 fully saturated rings. The van der Waals surface area contributed by atoms with Gasteiger partial charge >= 0.3 is 0 Å². The zero-order valence-electron chi connectivity index (χ0n) is 9.93. The Bertz CT molecular complexity index is 608. The van der Waals surface area contributed by atoms with Crippen molar-refractivity contribution in [3.05, 3.63) is 5.82 Å². The molecule has 6 nitrogen and oxygen atoms in total. The van der Waals surface area contributed by atoms with Gasteiger partial charge in [-0.05, 0) is 19.8 Å². The average Bonchev–Trinajstić information content (AvgIpc) is 2.56. The van der Waals surface area contributed by atoms with Crippen molar-refractivity contribution in [3.8, 4) is 18.2 Å². The summed E-state index contributed by atoms with van der Waals surface area (Å²) in [6.45, 7) is 3.84. The first-order chi connectivity index (χ1) is 8.02. The van der Waals surface area contributed by atoms with Gasteiger partial charge in [0.1, 0.15) is 0 Å². The largest absolute Gasteiger partial charge is 0.474 e. The van der Waals surface area contributed by atoms with Crippen molar-refractivity contribution in [3.63, 3.8) is 0 Å². The highest BCUT2D eigenvalue weighted by Crippen LogP contribution is 2.26. The van der Waals surface area contributed by atoms with Gasteiger partial charge in [-0.2, -0.15) is 5.10 Å². The number of aromatic nitrogens is 4. The number of nitrogen functional groups attached to an aromatic ring is 1. The molecule has 0 amide bonds. The highest BCUT2D eigenvalue weighted by atomic mass is 16.5. The van der Waals surface area contributed by atoms with Crippen molar-refractivity contribution >= 4 is 16.9 Å². The van der Waals surface area contributed by atoms with Crippen LogP contribution in [0, 0.1) is 12.3 Å². The molecule has 2 N–H and O–H groups in total. The van der Waals surface area contributed by atoms with E-state index in [1.807, 2.05) is 13.8 Å². The second kappa shape index (κ2) is 3.94. The number of nitrogens with zero attached hydrogens (tertiary/aromatic N) is 4. The maximum absolute atomic E-state index is 5.77. The number of ether oxygens (including phenoxy) is 1. The Hall–Kier alpha value is -2.29. The van der Waals surface area contributed by atoms with E-state index in [1.54, 1.807) is 11.7 Å². The van der Waals surface area contributed by atoms with Crippen molar-refractivity contribution in [2.45, 2.75) is 20.0 Å². The Morgan fingerprint density at radius 3 is 2.65 bits per heavy atom. The zero-order chi connectivity index (χ0) is 12.6. The fourth-order valence-corrected chi connectivity index (χ4v) is 1.49. The van der Waals surface area contributed by atoms with Crippen LogP contribution >= 0.6 is 0 Å². The van der Waals surface area contributed by atoms with Gasteiger partial charge < -0.3 is 10.5 Å². The molecule has 0 atom stereocenters. The van der Waals surface area contributed by atoms with Crippen LogP contribution in [-0.2, 0) is 7.05 Å². The first-order valence-corrected chi connectivity index (χ1v) is 5.16. The number of hydrogen-bond donors (Lipinski definition) is 1. The molecule has 0 spiro atoms. The normalized spacial score (nSPS) is 10.8. The predicted octanol–water partition coefficient (Wildman–Crippen LogP) is 0.714. The first kappa shape index (κ1) is 11.2. The van der Waals surface area contributed by atoms with Crippen LogP contribution in [0.3, 0.4) is 0 Å². The third kappa shape index (κ3) is 1.87. The molecule has 0 aliphatic carbocycles. The summed E-state index contributed by atoms with van der Waals surface area (Å²) in [5.74, 6) is 3.39. The van der Waals surface area contributed by atoms with E-state index in [0.29, 0.717) is 16.9 Å². The number of hydrogen-bond acceptors (Lipinski definition) is 5. The van der Waals surface area contributed by atoms with Crippen LogP contribution in [0.15, 0.2) is 0 Å². The van der Waals surface area contributed by atoms with Crippen molar-refractivity contribution in [2.75, 3.05) is 5.73 Å². The second-order valence-corrected chi connectivity index (χ2v) is 3.87. The smallest absolute Gasteiger partial charge is 0.239 e. The molecular formula is C11H13N5O. The molecule has 2 heterocycles. The van der Waals surface area contributed by atoms with Crippen LogP contribution in [0.1, 0.15) is 19.7 Å². The lowest BCUT2D eigenvalue weighted by Gasteiger charge is -2.08. The monoisotopic (exact) mass is 231 g/mol. The molecule has 0 aliphatic heterocycles. The molecule has 2 aromatic rings. The Morgan fingerprint density at radius 1 is 1.35 bits per heavy atom. The van der Waals surface area contributed by atoms with Crippen LogP contribution < -0.4 is 10.5 Å². The van der Waals surface area contributed by atoms with Crippen molar-refractivity contribution < 1.29 is 4.74 Å². The fraction of sp³-hybridized carbons (Fsp3) is 0.364. The van der Waals surface area contributed by atoms with Crippen molar-refractivity contribution in [1.82, 2.24) is 19.7 Å². The molecule has 17 heavy (non-hydrogen) atoms. The van der Waals surface area contributed by atoms with Crippen LogP contribution in [0.5, 0.6) is 5.88 Å². The van der Waals surface area contributed by atoms with E-state index in [1.165, 1.54) is 0 Å². The molecular weight excluding hydrogens is 218 g/mol. The number of fused-ring (bicyclic) bond motifs is 1. The molecule has 0 radical (unpaired) electrons. The lowest BCUT2D eigenvalue weighted by Crippen LogP contribution is -2.09. The number of rotatable bonds is 2. The summed E-state index contributed by atoms with van der Waals surface area (Å²) >= 11 is 0. The minimum atomic E-state index is 0.0130. The van der Waals surface area contributed by atoms with Gasteiger partial charge in [0.05, 0.1) is 6.10 Å². The van der Waals surface area contributed by atoms with Gasteiger partial charge in [0.25, 0.3) is 0 Å². The molecule has 2 rings (SSSR count). The Morgan fingerprint density at radius 2 is 2.06 bits per heavy atom. The van der Waals surface area contributed by atoms with E-state index in [2.05, 4.69) is 21.0 Å². The van der Waals surface area contributed by atoms with E-state index in [-0.39, 0.29) is 17.7 Å². The van der Waals surface area contributed by atoms with Crippen LogP contribution in [0.2, 0.25) is 0 Å². The molecule has 0 saturated carbocycles. The number of aryl methyl sites for hydroxylation is 1. The van der Waals surface area contributed by atoms with E-state index in [0.717, 1.165) is 0 Å². The Kier molecular flexibility index (Phi) is 2.60. The number of anilines is 1. The summed E-state index contributed by atoms with van der Waals surface area (Å²) in [7, 11) is 1.76. The maximum Gasteiger partial charge on any atom is 0.239 e. The molecule has 0 aromatic carbocycles. The van der Waals surface area contributed by atoms with Crippen LogP contribution in [-0.4, -0.2) is 25.9 Å². The summed E-state index contributed by atoms with van der Waals surface area (Å²) in [6.07, 6.45) is 5.28. The summed E-state index contributed by atoms with van der Waals surface area (Å²) in [6, 6.07) is 0. The van der Waals surface area contributed by atoms with Gasteiger partial charge in [-0.3, -0.25) is 0 Å². The van der Waals surface area contributed by atoms with E-state index in [4.69, 9.17) is 16.9 Å². The summed E-state index contributed by atoms with van der Waals surface area (Å²) < 4.78 is 7.22. The second-order valence-electron chi connectivity index (χ2n) is 3.87. The molecule has 0 bridgehead atoms. The summed E-state index contributed by atoms with van der Waals surface area (Å²) in [4.78, 5) is 8.15. The number of terminal acetylenes is 1. The molecule has 0 saturated heterocycles. The highest BCUT2D eigenvalue weighted by molar-refractivity contribution is 5.88. The SMILES string of the molecule is C#Cc1nc(N)c2nn(C)c(OC(C)C)c2n1. The Balaban J connectivity index is 2.71. The van der Waals surface area contributed by atoms with Gasteiger partial charge in [0.15, 0.2) is 16.9 Å². The third-order valence-electron chi connectivity index (χ3n) is 2.13. The van der Waals surface area contributed by atoms with Crippen LogP contribution in [0.25, 0.3) is 11.0 Å². The Labute approximate surface area is 98.8 Å². The van der Waals surface area contributed by atoms with Gasteiger partial charge in [0.2, 0.25) is 11.7 Å². The minimum absolute atomic E-state index is 0.0130. The van der Waals surface area contributed by atoms with Gasteiger partial charge in [-0.25, -0.2) is 14.6 Å². The maximum atomic E-state index is 5.77. The molecule has 0 unspecified atom stereocenters. The van der Waals surface area contributed by atoms with E-state index >= 15 is 0 Å². The zero-order valence-corrected chi connectivity index (χ0v) is 9.93. The standard InChI is InChI=1S/C11H13N5O/c1-5-7-13-9-8(10(12)14-7)15-16(4)11(9)17-6(2)3/h1,6H,2-4H3,(H2,12,13,14). The van der Waals surface area contributed by atoms with Crippen molar-refractivity contribution in [2.24, 2.45) is 7.05 Å². The average molecular weight is 231 g/mol. The minimum Gasteiger partial charge on any atom is -0.474 e. The molecule has 88 valence electrons. The quantitative estimate of drug-likeness (QED) is 0.770. The van der Waals surface area contributed by atoms with E-state index in [9.17, 15) is 0 Å². The topological polar surface area (TPSA) is 78.8 Å². The third-order valence-corrected chi connectivity index (χ3v) is 2.13. The van der Waals surface area contributed by atoms with Crippen molar-refractivity contribution in [1.29, 1.82) is 0 Å². The van der Waals surface area contributed by atoms with E-state index < -0.39 is 0 Å². The fourth-order valence-electron chi connectivity index (χ4n) is 1.49. The summed E-state index contributed by atoms with van der Waals surface area (Å²) in [5, 5.41) is 4.21. The van der Waals surface area contributed by atoms with Gasteiger partial charge in [0, 0.05) is 7.05 Å². The lowest BCUT2D eigenvalue weighted by atomic mass is 10.4.